The second-order valence-corrected chi connectivity index (χ2v) is 10.7. The van der Waals surface area contributed by atoms with Crippen LogP contribution in [0, 0.1) is 11.8 Å². The standard InChI is InChI=1S/C28H38N2O3/c1-6-19(2)17-23-22-10-8-7-9-21(22)18-24-25(29-33-26(23)24)12-11-20-13-15-30(16-14-20)27(31)32-28(3,4)5/h7-10,18-20H,6,11-17H2,1-5H3. The van der Waals surface area contributed by atoms with E-state index in [0.29, 0.717) is 11.8 Å². The lowest BCUT2D eigenvalue weighted by Crippen LogP contribution is -2.41. The van der Waals surface area contributed by atoms with Gasteiger partial charge < -0.3 is 14.2 Å². The van der Waals surface area contributed by atoms with Crippen molar-refractivity contribution < 1.29 is 14.1 Å². The first-order valence-electron chi connectivity index (χ1n) is 12.5. The minimum absolute atomic E-state index is 0.191. The van der Waals surface area contributed by atoms with Crippen LogP contribution in [-0.2, 0) is 17.6 Å². The number of fused-ring (bicyclic) bond motifs is 2. The molecule has 0 bridgehead atoms. The Morgan fingerprint density at radius 2 is 1.94 bits per heavy atom. The van der Waals surface area contributed by atoms with Crippen LogP contribution in [0.4, 0.5) is 4.79 Å². The first-order valence-corrected chi connectivity index (χ1v) is 12.5. The summed E-state index contributed by atoms with van der Waals surface area (Å²) in [5.74, 6) is 1.19. The van der Waals surface area contributed by atoms with Gasteiger partial charge in [-0.1, -0.05) is 49.7 Å². The minimum atomic E-state index is -0.445. The topological polar surface area (TPSA) is 55.6 Å². The van der Waals surface area contributed by atoms with Crippen molar-refractivity contribution >= 4 is 27.8 Å². The van der Waals surface area contributed by atoms with E-state index in [1.807, 2.05) is 25.7 Å². The Morgan fingerprint density at radius 1 is 1.21 bits per heavy atom. The first-order chi connectivity index (χ1) is 15.7. The van der Waals surface area contributed by atoms with Crippen LogP contribution in [0.5, 0.6) is 0 Å². The molecule has 0 radical (unpaired) electrons. The highest BCUT2D eigenvalue weighted by Gasteiger charge is 2.27. The molecule has 1 aromatic heterocycles. The number of piperidine rings is 1. The van der Waals surface area contributed by atoms with Gasteiger partial charge in [-0.2, -0.15) is 0 Å². The Labute approximate surface area is 197 Å². The summed E-state index contributed by atoms with van der Waals surface area (Å²) in [6, 6.07) is 10.9. The lowest BCUT2D eigenvalue weighted by molar-refractivity contribution is 0.0181. The van der Waals surface area contributed by atoms with Crippen LogP contribution in [0.25, 0.3) is 21.7 Å². The normalized spacial score (nSPS) is 16.5. The Kier molecular flexibility index (Phi) is 6.96. The molecule has 1 aliphatic heterocycles. The van der Waals surface area contributed by atoms with Gasteiger partial charge >= 0.3 is 6.09 Å². The molecule has 1 amide bonds. The van der Waals surface area contributed by atoms with Gasteiger partial charge in [0.2, 0.25) is 0 Å². The molecule has 4 rings (SSSR count). The number of benzene rings is 2. The van der Waals surface area contributed by atoms with Crippen molar-refractivity contribution in [2.24, 2.45) is 11.8 Å². The highest BCUT2D eigenvalue weighted by atomic mass is 16.6. The van der Waals surface area contributed by atoms with E-state index in [2.05, 4.69) is 49.3 Å². The van der Waals surface area contributed by atoms with E-state index in [9.17, 15) is 4.79 Å². The number of hydrogen-bond acceptors (Lipinski definition) is 4. The lowest BCUT2D eigenvalue weighted by atomic mass is 9.90. The fraction of sp³-hybridized carbons (Fsp3) is 0.571. The van der Waals surface area contributed by atoms with Crippen molar-refractivity contribution in [1.82, 2.24) is 10.1 Å². The van der Waals surface area contributed by atoms with Crippen LogP contribution in [0.2, 0.25) is 0 Å². The molecule has 33 heavy (non-hydrogen) atoms. The molecule has 1 saturated heterocycles. The van der Waals surface area contributed by atoms with Crippen molar-refractivity contribution in [3.05, 3.63) is 41.6 Å². The Balaban J connectivity index is 1.45. The number of aryl methyl sites for hydroxylation is 1. The number of amides is 1. The van der Waals surface area contributed by atoms with Gasteiger partial charge in [-0.05, 0) is 81.5 Å². The zero-order valence-corrected chi connectivity index (χ0v) is 20.8. The number of carbonyl (C=O) groups excluding carboxylic acids is 1. The third kappa shape index (κ3) is 5.51. The van der Waals surface area contributed by atoms with Crippen molar-refractivity contribution in [2.75, 3.05) is 13.1 Å². The largest absolute Gasteiger partial charge is 0.444 e. The lowest BCUT2D eigenvalue weighted by Gasteiger charge is -2.33. The van der Waals surface area contributed by atoms with Gasteiger partial charge in [0.15, 0.2) is 5.58 Å². The predicted molar refractivity (Wildman–Crippen MR) is 134 cm³/mol. The Morgan fingerprint density at radius 3 is 2.64 bits per heavy atom. The second kappa shape index (κ2) is 9.74. The third-order valence-electron chi connectivity index (χ3n) is 6.97. The monoisotopic (exact) mass is 450 g/mol. The molecular formula is C28H38N2O3. The van der Waals surface area contributed by atoms with E-state index in [4.69, 9.17) is 9.26 Å². The number of rotatable bonds is 6. The van der Waals surface area contributed by atoms with Crippen LogP contribution >= 0.6 is 0 Å². The average Bonchev–Trinajstić information content (AvgIpc) is 3.19. The number of likely N-dealkylation sites (tertiary alicyclic amines) is 1. The molecule has 2 aromatic carbocycles. The van der Waals surface area contributed by atoms with Gasteiger partial charge in [0.1, 0.15) is 5.60 Å². The summed E-state index contributed by atoms with van der Waals surface area (Å²) in [5, 5.41) is 8.23. The summed E-state index contributed by atoms with van der Waals surface area (Å²) in [7, 11) is 0. The van der Waals surface area contributed by atoms with Crippen molar-refractivity contribution in [2.45, 2.75) is 78.7 Å². The van der Waals surface area contributed by atoms with Crippen LogP contribution < -0.4 is 0 Å². The summed E-state index contributed by atoms with van der Waals surface area (Å²) < 4.78 is 11.5. The molecule has 1 atom stereocenters. The van der Waals surface area contributed by atoms with E-state index in [1.54, 1.807) is 0 Å². The fourth-order valence-electron chi connectivity index (χ4n) is 4.82. The van der Waals surface area contributed by atoms with E-state index < -0.39 is 5.60 Å². The molecule has 1 aliphatic rings. The zero-order valence-electron chi connectivity index (χ0n) is 20.8. The van der Waals surface area contributed by atoms with E-state index in [0.717, 1.165) is 68.3 Å². The highest BCUT2D eigenvalue weighted by Crippen LogP contribution is 2.34. The fourth-order valence-corrected chi connectivity index (χ4v) is 4.82. The van der Waals surface area contributed by atoms with Gasteiger partial charge in [0.05, 0.1) is 5.69 Å². The van der Waals surface area contributed by atoms with Gasteiger partial charge in [0, 0.05) is 24.0 Å². The number of nitrogens with zero attached hydrogens (tertiary/aromatic N) is 2. The Bertz CT molecular complexity index is 1100. The first kappa shape index (κ1) is 23.6. The van der Waals surface area contributed by atoms with Crippen LogP contribution in [0.1, 0.15) is 71.6 Å². The average molecular weight is 451 g/mol. The minimum Gasteiger partial charge on any atom is -0.444 e. The molecular weight excluding hydrogens is 412 g/mol. The maximum Gasteiger partial charge on any atom is 0.410 e. The molecule has 1 fully saturated rings. The highest BCUT2D eigenvalue weighted by molar-refractivity contribution is 6.00. The summed E-state index contributed by atoms with van der Waals surface area (Å²) in [6.45, 7) is 11.8. The molecule has 2 heterocycles. The van der Waals surface area contributed by atoms with Gasteiger partial charge in [-0.15, -0.1) is 0 Å². The molecule has 0 spiro atoms. The summed E-state index contributed by atoms with van der Waals surface area (Å²) >= 11 is 0. The quantitative estimate of drug-likeness (QED) is 0.400. The number of carbonyl (C=O) groups is 1. The van der Waals surface area contributed by atoms with E-state index in [-0.39, 0.29) is 6.09 Å². The summed E-state index contributed by atoms with van der Waals surface area (Å²) in [6.07, 6.45) is 5.96. The van der Waals surface area contributed by atoms with E-state index in [1.165, 1.54) is 16.3 Å². The molecule has 0 saturated carbocycles. The summed E-state index contributed by atoms with van der Waals surface area (Å²) in [5.41, 5.74) is 2.88. The number of hydrogen-bond donors (Lipinski definition) is 0. The van der Waals surface area contributed by atoms with Crippen molar-refractivity contribution in [3.8, 4) is 0 Å². The molecule has 178 valence electrons. The van der Waals surface area contributed by atoms with Crippen LogP contribution in [-0.4, -0.2) is 34.8 Å². The predicted octanol–water partition coefficient (Wildman–Crippen LogP) is 7.15. The summed E-state index contributed by atoms with van der Waals surface area (Å²) in [4.78, 5) is 14.2. The van der Waals surface area contributed by atoms with Gasteiger partial charge in [-0.25, -0.2) is 4.79 Å². The van der Waals surface area contributed by atoms with Crippen LogP contribution in [0.3, 0.4) is 0 Å². The maximum absolute atomic E-state index is 12.3. The molecule has 0 aliphatic carbocycles. The molecule has 1 unspecified atom stereocenters. The molecule has 0 N–H and O–H groups in total. The van der Waals surface area contributed by atoms with Gasteiger partial charge in [0.25, 0.3) is 0 Å². The van der Waals surface area contributed by atoms with Crippen molar-refractivity contribution in [1.29, 1.82) is 0 Å². The SMILES string of the molecule is CCC(C)Cc1c2ccccc2cc2c(CCC3CCN(C(=O)OC(C)(C)C)CC3)noc12. The second-order valence-electron chi connectivity index (χ2n) is 10.7. The number of ether oxygens (including phenoxy) is 1. The smallest absolute Gasteiger partial charge is 0.410 e. The third-order valence-corrected chi connectivity index (χ3v) is 6.97. The number of aromatic nitrogens is 1. The van der Waals surface area contributed by atoms with Crippen LogP contribution in [0.15, 0.2) is 34.9 Å². The molecule has 3 aromatic rings. The maximum atomic E-state index is 12.3. The van der Waals surface area contributed by atoms with Crippen molar-refractivity contribution in [3.63, 3.8) is 0 Å². The Hall–Kier alpha value is -2.56. The molecule has 5 heteroatoms. The van der Waals surface area contributed by atoms with Gasteiger partial charge in [-0.3, -0.25) is 0 Å². The zero-order chi connectivity index (χ0) is 23.6. The molecule has 5 nitrogen and oxygen atoms in total. The van der Waals surface area contributed by atoms with E-state index >= 15 is 0 Å².